The average molecular weight is 482 g/mol. The largest absolute Gasteiger partial charge is 0.496 e. The van der Waals surface area contributed by atoms with Crippen LogP contribution in [0.2, 0.25) is 0 Å². The van der Waals surface area contributed by atoms with Crippen molar-refractivity contribution in [3.8, 4) is 5.75 Å². The quantitative estimate of drug-likeness (QED) is 0.596. The van der Waals surface area contributed by atoms with Gasteiger partial charge < -0.3 is 14.8 Å². The summed E-state index contributed by atoms with van der Waals surface area (Å²) in [5, 5.41) is 3.32. The van der Waals surface area contributed by atoms with Gasteiger partial charge in [-0.3, -0.25) is 4.79 Å². The Bertz CT molecular complexity index is 1090. The van der Waals surface area contributed by atoms with Crippen LogP contribution in [0.3, 0.4) is 0 Å². The molecule has 1 atom stereocenters. The van der Waals surface area contributed by atoms with Crippen molar-refractivity contribution < 1.29 is 19.1 Å². The molecule has 1 aliphatic heterocycles. The number of halogens is 1. The Hall–Kier alpha value is -2.86. The zero-order valence-corrected chi connectivity index (χ0v) is 19.1. The third-order valence-corrected chi connectivity index (χ3v) is 6.34. The summed E-state index contributed by atoms with van der Waals surface area (Å²) in [6, 6.07) is 15.2. The Kier molecular flexibility index (Phi) is 6.28. The summed E-state index contributed by atoms with van der Waals surface area (Å²) in [7, 11) is 1.60. The molecule has 6 heteroatoms. The van der Waals surface area contributed by atoms with E-state index in [1.54, 1.807) is 7.11 Å². The number of Topliss-reactive ketones (excluding diaryl/α,β-unsaturated/α-hetero) is 1. The molecule has 1 N–H and O–H groups in total. The summed E-state index contributed by atoms with van der Waals surface area (Å²) < 4.78 is 11.8. The third-order valence-electron chi connectivity index (χ3n) is 5.72. The van der Waals surface area contributed by atoms with Gasteiger partial charge in [0.2, 0.25) is 0 Å². The predicted molar refractivity (Wildman–Crippen MR) is 121 cm³/mol. The highest BCUT2D eigenvalue weighted by atomic mass is 79.9. The van der Waals surface area contributed by atoms with E-state index in [-0.39, 0.29) is 12.4 Å². The van der Waals surface area contributed by atoms with Crippen LogP contribution in [0.15, 0.2) is 75.5 Å². The van der Waals surface area contributed by atoms with E-state index < -0.39 is 11.9 Å². The number of benzene rings is 2. The molecule has 0 aromatic heterocycles. The number of hydrogen-bond acceptors (Lipinski definition) is 5. The molecule has 2 aliphatic rings. The summed E-state index contributed by atoms with van der Waals surface area (Å²) in [5.74, 6) is -0.132. The van der Waals surface area contributed by atoms with E-state index in [2.05, 4.69) is 21.2 Å². The maximum absolute atomic E-state index is 13.3. The lowest BCUT2D eigenvalue weighted by Crippen LogP contribution is -2.34. The first-order chi connectivity index (χ1) is 15.0. The number of carbonyl (C=O) groups excluding carboxylic acids is 2. The minimum absolute atomic E-state index is 0.0755. The number of esters is 1. The van der Waals surface area contributed by atoms with Gasteiger partial charge in [0.25, 0.3) is 0 Å². The van der Waals surface area contributed by atoms with E-state index in [1.165, 1.54) is 0 Å². The normalized spacial score (nSPS) is 18.4. The van der Waals surface area contributed by atoms with Gasteiger partial charge in [-0.15, -0.1) is 0 Å². The Labute approximate surface area is 190 Å². The molecule has 0 radical (unpaired) electrons. The minimum Gasteiger partial charge on any atom is -0.496 e. The molecule has 160 valence electrons. The molecule has 0 unspecified atom stereocenters. The average Bonchev–Trinajstić information content (AvgIpc) is 2.77. The number of nitrogens with one attached hydrogen (secondary N) is 1. The number of allylic oxidation sites excluding steroid dienone is 3. The van der Waals surface area contributed by atoms with Gasteiger partial charge in [-0.05, 0) is 59.0 Å². The lowest BCUT2D eigenvalue weighted by atomic mass is 9.75. The van der Waals surface area contributed by atoms with Gasteiger partial charge in [-0.25, -0.2) is 4.79 Å². The molecule has 0 bridgehead atoms. The highest BCUT2D eigenvalue weighted by molar-refractivity contribution is 9.10. The van der Waals surface area contributed by atoms with Crippen LogP contribution in [0, 0.1) is 0 Å². The van der Waals surface area contributed by atoms with Gasteiger partial charge in [-0.1, -0.05) is 36.4 Å². The molecular formula is C25H24BrNO4. The van der Waals surface area contributed by atoms with Crippen molar-refractivity contribution in [2.75, 3.05) is 7.11 Å². The zero-order chi connectivity index (χ0) is 22.0. The van der Waals surface area contributed by atoms with E-state index in [4.69, 9.17) is 9.47 Å². The maximum atomic E-state index is 13.3. The molecule has 0 saturated heterocycles. The van der Waals surface area contributed by atoms with Gasteiger partial charge in [0.05, 0.1) is 17.2 Å². The topological polar surface area (TPSA) is 64.6 Å². The van der Waals surface area contributed by atoms with Crippen LogP contribution in [-0.4, -0.2) is 18.9 Å². The van der Waals surface area contributed by atoms with E-state index in [0.29, 0.717) is 23.3 Å². The molecule has 0 amide bonds. The Morgan fingerprint density at radius 2 is 1.94 bits per heavy atom. The Morgan fingerprint density at radius 1 is 1.16 bits per heavy atom. The summed E-state index contributed by atoms with van der Waals surface area (Å²) in [4.78, 5) is 26.2. The fraction of sp³-hybridized carbons (Fsp3) is 0.280. The first kappa shape index (κ1) is 21.4. The monoisotopic (exact) mass is 481 g/mol. The van der Waals surface area contributed by atoms with Crippen molar-refractivity contribution in [3.63, 3.8) is 0 Å². The van der Waals surface area contributed by atoms with E-state index >= 15 is 0 Å². The predicted octanol–water partition coefficient (Wildman–Crippen LogP) is 5.17. The van der Waals surface area contributed by atoms with Crippen molar-refractivity contribution in [1.82, 2.24) is 5.32 Å². The van der Waals surface area contributed by atoms with Gasteiger partial charge in [0.15, 0.2) is 5.78 Å². The highest BCUT2D eigenvalue weighted by Gasteiger charge is 2.39. The van der Waals surface area contributed by atoms with E-state index in [9.17, 15) is 9.59 Å². The van der Waals surface area contributed by atoms with Crippen LogP contribution in [-0.2, 0) is 20.9 Å². The maximum Gasteiger partial charge on any atom is 0.337 e. The zero-order valence-electron chi connectivity index (χ0n) is 17.5. The number of ether oxygens (including phenoxy) is 2. The van der Waals surface area contributed by atoms with Crippen LogP contribution >= 0.6 is 15.9 Å². The van der Waals surface area contributed by atoms with Crippen molar-refractivity contribution in [3.05, 3.63) is 86.7 Å². The van der Waals surface area contributed by atoms with Crippen molar-refractivity contribution in [2.24, 2.45) is 0 Å². The van der Waals surface area contributed by atoms with Gasteiger partial charge in [0.1, 0.15) is 12.4 Å². The van der Waals surface area contributed by atoms with Crippen LogP contribution in [0.4, 0.5) is 0 Å². The van der Waals surface area contributed by atoms with Crippen LogP contribution < -0.4 is 10.1 Å². The van der Waals surface area contributed by atoms with Crippen LogP contribution in [0.25, 0.3) is 0 Å². The smallest absolute Gasteiger partial charge is 0.337 e. The molecule has 5 nitrogen and oxygen atoms in total. The van der Waals surface area contributed by atoms with Crippen LogP contribution in [0.1, 0.15) is 43.2 Å². The highest BCUT2D eigenvalue weighted by Crippen LogP contribution is 2.44. The Balaban J connectivity index is 1.73. The van der Waals surface area contributed by atoms with Gasteiger partial charge >= 0.3 is 5.97 Å². The molecule has 0 spiro atoms. The number of ketones is 1. The number of carbonyl (C=O) groups is 2. The number of methoxy groups -OCH3 is 1. The van der Waals surface area contributed by atoms with Crippen molar-refractivity contribution >= 4 is 27.7 Å². The van der Waals surface area contributed by atoms with E-state index in [1.807, 2.05) is 55.5 Å². The molecule has 2 aromatic rings. The standard InChI is InChI=1S/C25H24BrNO4/c1-15-22(25(29)31-14-16-7-4-3-5-8-16)23(17-11-12-21(30-2)18(26)13-17)24-19(27-15)9-6-10-20(24)28/h3-5,7-8,11-13,23,27H,6,9-10,14H2,1-2H3/t23-/m1/s1. The molecule has 31 heavy (non-hydrogen) atoms. The second-order valence-corrected chi connectivity index (χ2v) is 8.58. The third kappa shape index (κ3) is 4.30. The lowest BCUT2D eigenvalue weighted by Gasteiger charge is -2.34. The minimum atomic E-state index is -0.477. The van der Waals surface area contributed by atoms with Crippen LogP contribution in [0.5, 0.6) is 5.75 Å². The lowest BCUT2D eigenvalue weighted by molar-refractivity contribution is -0.140. The molecule has 0 fully saturated rings. The van der Waals surface area contributed by atoms with Gasteiger partial charge in [0, 0.05) is 29.3 Å². The molecule has 2 aromatic carbocycles. The second kappa shape index (κ2) is 9.10. The fourth-order valence-electron chi connectivity index (χ4n) is 4.25. The van der Waals surface area contributed by atoms with Gasteiger partial charge in [-0.2, -0.15) is 0 Å². The SMILES string of the molecule is COc1ccc([C@@H]2C(C(=O)OCc3ccccc3)=C(C)NC3=C2C(=O)CCC3)cc1Br. The van der Waals surface area contributed by atoms with Crippen molar-refractivity contribution in [2.45, 2.75) is 38.7 Å². The molecule has 1 heterocycles. The second-order valence-electron chi connectivity index (χ2n) is 7.72. The first-order valence-electron chi connectivity index (χ1n) is 10.3. The summed E-state index contributed by atoms with van der Waals surface area (Å²) in [5.41, 5.74) is 4.54. The molecule has 1 aliphatic carbocycles. The molecular weight excluding hydrogens is 458 g/mol. The number of rotatable bonds is 5. The van der Waals surface area contributed by atoms with E-state index in [0.717, 1.165) is 39.8 Å². The molecule has 0 saturated carbocycles. The number of hydrogen-bond donors (Lipinski definition) is 1. The Morgan fingerprint density at radius 3 is 2.65 bits per heavy atom. The fourth-order valence-corrected chi connectivity index (χ4v) is 4.81. The summed E-state index contributed by atoms with van der Waals surface area (Å²) in [6.07, 6.45) is 2.09. The first-order valence-corrected chi connectivity index (χ1v) is 11.1. The molecule has 4 rings (SSSR count). The summed E-state index contributed by atoms with van der Waals surface area (Å²) in [6.45, 7) is 2.04. The number of dihydropyridines is 1. The van der Waals surface area contributed by atoms with Crippen molar-refractivity contribution in [1.29, 1.82) is 0 Å². The summed E-state index contributed by atoms with van der Waals surface area (Å²) >= 11 is 3.54.